The van der Waals surface area contributed by atoms with Gasteiger partial charge in [0.1, 0.15) is 5.84 Å². The van der Waals surface area contributed by atoms with E-state index < -0.39 is 43.2 Å². The number of rotatable bonds is 7. The molecule has 3 atom stereocenters. The third kappa shape index (κ3) is 5.55. The number of nitrogens with zero attached hydrogens (tertiary/aromatic N) is 2. The topological polar surface area (TPSA) is 117 Å². The molecule has 1 aliphatic rings. The Morgan fingerprint density at radius 3 is 2.64 bits per heavy atom. The first-order valence-corrected chi connectivity index (χ1v) is 7.74. The van der Waals surface area contributed by atoms with Gasteiger partial charge in [-0.25, -0.2) is 8.78 Å². The van der Waals surface area contributed by atoms with Crippen molar-refractivity contribution in [3.63, 3.8) is 0 Å². The summed E-state index contributed by atoms with van der Waals surface area (Å²) < 4.78 is 32.8. The second kappa shape index (κ2) is 8.97. The third-order valence-electron chi connectivity index (χ3n) is 3.70. The number of aliphatic imine (C=N–C) groups is 1. The minimum absolute atomic E-state index is 0.0490. The molecule has 0 spiro atoms. The molecule has 1 saturated heterocycles. The number of ether oxygens (including phenoxy) is 1. The van der Waals surface area contributed by atoms with Gasteiger partial charge in [0, 0.05) is 19.7 Å². The summed E-state index contributed by atoms with van der Waals surface area (Å²) in [6, 6.07) is -0.764. The van der Waals surface area contributed by atoms with Gasteiger partial charge in [0.2, 0.25) is 18.5 Å². The van der Waals surface area contributed by atoms with E-state index in [1.807, 2.05) is 0 Å². The lowest BCUT2D eigenvalue weighted by Gasteiger charge is -2.25. The molecule has 1 heterocycles. The summed E-state index contributed by atoms with van der Waals surface area (Å²) in [6.07, 6.45) is -1.21. The van der Waals surface area contributed by atoms with Gasteiger partial charge < -0.3 is 20.9 Å². The van der Waals surface area contributed by atoms with Crippen LogP contribution in [-0.2, 0) is 14.3 Å². The smallest absolute Gasteiger partial charge is 0.294 e. The Balaban J connectivity index is 2.82. The molecule has 0 bridgehead atoms. The van der Waals surface area contributed by atoms with E-state index in [1.54, 1.807) is 13.8 Å². The largest absolute Gasteiger partial charge is 0.394 e. The van der Waals surface area contributed by atoms with Crippen molar-refractivity contribution in [3.05, 3.63) is 12.3 Å². The number of alkyl halides is 2. The summed E-state index contributed by atoms with van der Waals surface area (Å²) >= 11 is 0. The van der Waals surface area contributed by atoms with Crippen molar-refractivity contribution in [1.29, 1.82) is 0 Å². The minimum atomic E-state index is -3.31. The first kappa shape index (κ1) is 21.1. The normalized spacial score (nSPS) is 24.6. The molecular weight excluding hydrogens is 338 g/mol. The molecule has 4 N–H and O–H groups in total. The van der Waals surface area contributed by atoms with Crippen LogP contribution in [0, 0.1) is 5.92 Å². The lowest BCUT2D eigenvalue weighted by Crippen LogP contribution is -2.46. The molecule has 3 unspecified atom stereocenters. The van der Waals surface area contributed by atoms with Gasteiger partial charge in [-0.3, -0.25) is 19.5 Å². The van der Waals surface area contributed by atoms with Gasteiger partial charge in [0.05, 0.1) is 18.8 Å². The Morgan fingerprint density at radius 1 is 1.56 bits per heavy atom. The van der Waals surface area contributed by atoms with Crippen molar-refractivity contribution in [3.8, 4) is 0 Å². The van der Waals surface area contributed by atoms with E-state index in [-0.39, 0.29) is 18.2 Å². The summed E-state index contributed by atoms with van der Waals surface area (Å²) in [4.78, 5) is 27.5. The minimum Gasteiger partial charge on any atom is -0.394 e. The summed E-state index contributed by atoms with van der Waals surface area (Å²) in [5, 5.41) is 11.4. The zero-order valence-electron chi connectivity index (χ0n) is 14.4. The molecule has 0 aromatic carbocycles. The summed E-state index contributed by atoms with van der Waals surface area (Å²) in [5.41, 5.74) is 5.71. The van der Waals surface area contributed by atoms with Gasteiger partial charge in [-0.2, -0.15) is 0 Å². The maximum absolute atomic E-state index is 13.9. The number of aliphatic hydroxyl groups excluding tert-OH is 1. The van der Waals surface area contributed by atoms with E-state index >= 15 is 0 Å². The molecule has 0 aromatic heterocycles. The molecule has 8 nitrogen and oxygen atoms in total. The molecule has 1 rings (SSSR count). The van der Waals surface area contributed by atoms with Crippen molar-refractivity contribution in [2.75, 3.05) is 13.7 Å². The van der Waals surface area contributed by atoms with Gasteiger partial charge in [0.15, 0.2) is 0 Å². The number of nitrogens with two attached hydrogens (primary N) is 1. The molecule has 1 aliphatic heterocycles. The highest BCUT2D eigenvalue weighted by atomic mass is 19.3. The Hall–Kier alpha value is -1.91. The fraction of sp³-hybridized carbons (Fsp3) is 0.667. The zero-order chi connectivity index (χ0) is 19.2. The fourth-order valence-electron chi connectivity index (χ4n) is 2.14. The lowest BCUT2D eigenvalue weighted by atomic mass is 10.1. The number of carbonyl (C=O) groups is 2. The van der Waals surface area contributed by atoms with Crippen LogP contribution >= 0.6 is 0 Å². The van der Waals surface area contributed by atoms with Crippen LogP contribution in [0.2, 0.25) is 0 Å². The van der Waals surface area contributed by atoms with Crippen LogP contribution in [0.15, 0.2) is 17.3 Å². The van der Waals surface area contributed by atoms with Crippen molar-refractivity contribution in [1.82, 2.24) is 10.2 Å². The summed E-state index contributed by atoms with van der Waals surface area (Å²) in [7, 11) is 1.38. The van der Waals surface area contributed by atoms with Crippen LogP contribution in [0.25, 0.3) is 0 Å². The third-order valence-corrected chi connectivity index (χ3v) is 3.70. The first-order valence-electron chi connectivity index (χ1n) is 7.74. The second-order valence-corrected chi connectivity index (χ2v) is 5.99. The predicted molar refractivity (Wildman–Crippen MR) is 86.7 cm³/mol. The van der Waals surface area contributed by atoms with Crippen molar-refractivity contribution in [2.45, 2.75) is 44.6 Å². The number of hydrogen-bond donors (Lipinski definition) is 3. The molecule has 0 radical (unpaired) electrons. The number of nitrogens with one attached hydrogen (secondary N) is 1. The van der Waals surface area contributed by atoms with Gasteiger partial charge in [0.25, 0.3) is 5.92 Å². The molecule has 10 heteroatoms. The molecular formula is C15H24F2N4O4. The average Bonchev–Trinajstić information content (AvgIpc) is 2.88. The van der Waals surface area contributed by atoms with Crippen LogP contribution in [0.1, 0.15) is 20.3 Å². The molecule has 142 valence electrons. The standard InChI is InChI=1S/C15H24F2N4O4/c1-9(2)12(18)13(24)20-11(19-3)4-5-21(8-23)14-15(16,17)6-10(7-22)25-14/h4-5,8-10,12,14,22H,6-7,18H2,1-3H3,(H,19,20,24)/b5-4-. The quantitative estimate of drug-likeness (QED) is 0.330. The molecule has 0 aliphatic carbocycles. The average molecular weight is 362 g/mol. The molecule has 1 fully saturated rings. The second-order valence-electron chi connectivity index (χ2n) is 5.99. The van der Waals surface area contributed by atoms with E-state index in [0.717, 1.165) is 6.20 Å². The molecule has 25 heavy (non-hydrogen) atoms. The highest BCUT2D eigenvalue weighted by Crippen LogP contribution is 2.37. The molecule has 0 saturated carbocycles. The fourth-order valence-corrected chi connectivity index (χ4v) is 2.14. The molecule has 0 aromatic rings. The number of aliphatic hydroxyl groups is 1. The van der Waals surface area contributed by atoms with E-state index in [1.165, 1.54) is 13.1 Å². The summed E-state index contributed by atoms with van der Waals surface area (Å²) in [5.74, 6) is -3.85. The molecule has 2 amide bonds. The highest BCUT2D eigenvalue weighted by Gasteiger charge is 2.52. The Bertz CT molecular complexity index is 540. The number of amides is 2. The van der Waals surface area contributed by atoms with Gasteiger partial charge >= 0.3 is 0 Å². The Morgan fingerprint density at radius 2 is 2.20 bits per heavy atom. The van der Waals surface area contributed by atoms with Crippen molar-refractivity contribution in [2.24, 2.45) is 16.6 Å². The number of hydrogen-bond acceptors (Lipinski definition) is 6. The van der Waals surface area contributed by atoms with Gasteiger partial charge in [-0.15, -0.1) is 0 Å². The van der Waals surface area contributed by atoms with Crippen LogP contribution in [0.5, 0.6) is 0 Å². The maximum Gasteiger partial charge on any atom is 0.294 e. The number of halogens is 2. The van der Waals surface area contributed by atoms with E-state index in [0.29, 0.717) is 4.90 Å². The maximum atomic E-state index is 13.9. The summed E-state index contributed by atoms with van der Waals surface area (Å²) in [6.45, 7) is 2.97. The predicted octanol–water partition coefficient (Wildman–Crippen LogP) is -0.171. The number of carbonyl (C=O) groups excluding carboxylic acids is 2. The van der Waals surface area contributed by atoms with Crippen LogP contribution < -0.4 is 11.1 Å². The highest BCUT2D eigenvalue weighted by molar-refractivity contribution is 6.05. The Kier molecular flexibility index (Phi) is 7.59. The van der Waals surface area contributed by atoms with Gasteiger partial charge in [-0.05, 0) is 12.0 Å². The van der Waals surface area contributed by atoms with Crippen LogP contribution in [0.3, 0.4) is 0 Å². The SMILES string of the molecule is CN=C(/C=C\N(C=O)C1OC(CO)CC1(F)F)NC(=O)C(N)C(C)C. The van der Waals surface area contributed by atoms with Crippen LogP contribution in [0.4, 0.5) is 8.78 Å². The van der Waals surface area contributed by atoms with E-state index in [4.69, 9.17) is 15.6 Å². The first-order chi connectivity index (χ1) is 11.7. The van der Waals surface area contributed by atoms with Crippen LogP contribution in [-0.4, -0.2) is 66.1 Å². The Labute approximate surface area is 144 Å². The van der Waals surface area contributed by atoms with E-state index in [2.05, 4.69) is 10.3 Å². The van der Waals surface area contributed by atoms with Crippen molar-refractivity contribution >= 4 is 18.2 Å². The van der Waals surface area contributed by atoms with Crippen molar-refractivity contribution < 1.29 is 28.2 Å². The van der Waals surface area contributed by atoms with E-state index in [9.17, 15) is 18.4 Å². The lowest BCUT2D eigenvalue weighted by molar-refractivity contribution is -0.154. The number of amidine groups is 1. The van der Waals surface area contributed by atoms with Gasteiger partial charge in [-0.1, -0.05) is 13.8 Å². The zero-order valence-corrected chi connectivity index (χ0v) is 14.4. The monoisotopic (exact) mass is 362 g/mol.